The molecule has 1 heterocycles. The summed E-state index contributed by atoms with van der Waals surface area (Å²) in [4.78, 5) is 11.4. The Hall–Kier alpha value is -0.770. The van der Waals surface area contributed by atoms with E-state index in [-0.39, 0.29) is 6.03 Å². The van der Waals surface area contributed by atoms with Crippen LogP contribution < -0.4 is 10.6 Å². The molecule has 4 heteroatoms. The van der Waals surface area contributed by atoms with Crippen molar-refractivity contribution >= 4 is 6.03 Å². The van der Waals surface area contributed by atoms with Gasteiger partial charge in [0.05, 0.1) is 6.10 Å². The molecule has 2 aliphatic rings. The number of amides is 2. The van der Waals surface area contributed by atoms with Crippen LogP contribution in [-0.2, 0) is 4.74 Å². The zero-order chi connectivity index (χ0) is 10.7. The van der Waals surface area contributed by atoms with Crippen LogP contribution in [0.5, 0.6) is 0 Å². The van der Waals surface area contributed by atoms with Crippen molar-refractivity contribution in [1.29, 1.82) is 0 Å². The molecular weight excluding hydrogens is 192 g/mol. The molecule has 2 amide bonds. The summed E-state index contributed by atoms with van der Waals surface area (Å²) in [5.74, 6) is 0.500. The summed E-state index contributed by atoms with van der Waals surface area (Å²) in [5.41, 5.74) is 0. The second kappa shape index (κ2) is 4.84. The second-order valence-corrected chi connectivity index (χ2v) is 4.49. The molecule has 15 heavy (non-hydrogen) atoms. The topological polar surface area (TPSA) is 50.4 Å². The summed E-state index contributed by atoms with van der Waals surface area (Å²) < 4.78 is 5.57. The van der Waals surface area contributed by atoms with Crippen molar-refractivity contribution in [2.24, 2.45) is 5.92 Å². The minimum Gasteiger partial charge on any atom is -0.378 e. The second-order valence-electron chi connectivity index (χ2n) is 4.49. The van der Waals surface area contributed by atoms with E-state index in [4.69, 9.17) is 4.74 Å². The van der Waals surface area contributed by atoms with Crippen LogP contribution in [0.3, 0.4) is 0 Å². The molecule has 1 saturated heterocycles. The first-order valence-electron chi connectivity index (χ1n) is 5.95. The van der Waals surface area contributed by atoms with Crippen LogP contribution in [0.1, 0.15) is 32.6 Å². The molecule has 0 bridgehead atoms. The van der Waals surface area contributed by atoms with Gasteiger partial charge in [-0.05, 0) is 25.7 Å². The third kappa shape index (κ3) is 3.09. The molecule has 0 aromatic heterocycles. The van der Waals surface area contributed by atoms with Crippen molar-refractivity contribution < 1.29 is 9.53 Å². The monoisotopic (exact) mass is 212 g/mol. The van der Waals surface area contributed by atoms with E-state index in [1.54, 1.807) is 0 Å². The number of ether oxygens (including phenoxy) is 1. The summed E-state index contributed by atoms with van der Waals surface area (Å²) in [6, 6.07) is 0.422. The number of rotatable bonds is 4. The van der Waals surface area contributed by atoms with Gasteiger partial charge in [0.2, 0.25) is 0 Å². The highest BCUT2D eigenvalue weighted by Crippen LogP contribution is 2.22. The normalized spacial score (nSPS) is 30.2. The van der Waals surface area contributed by atoms with E-state index >= 15 is 0 Å². The number of hydrogen-bond acceptors (Lipinski definition) is 2. The maximum atomic E-state index is 11.4. The van der Waals surface area contributed by atoms with Gasteiger partial charge in [-0.25, -0.2) is 4.79 Å². The molecule has 0 radical (unpaired) electrons. The quantitative estimate of drug-likeness (QED) is 0.737. The number of carbonyl (C=O) groups is 1. The molecule has 0 aromatic carbocycles. The van der Waals surface area contributed by atoms with Crippen LogP contribution in [0.4, 0.5) is 4.79 Å². The summed E-state index contributed by atoms with van der Waals surface area (Å²) in [6.45, 7) is 3.72. The van der Waals surface area contributed by atoms with E-state index < -0.39 is 0 Å². The highest BCUT2D eigenvalue weighted by atomic mass is 16.5. The zero-order valence-corrected chi connectivity index (χ0v) is 9.29. The van der Waals surface area contributed by atoms with Gasteiger partial charge < -0.3 is 15.4 Å². The summed E-state index contributed by atoms with van der Waals surface area (Å²) in [5, 5.41) is 5.85. The molecule has 2 N–H and O–H groups in total. The standard InChI is InChI=1S/C11H20N2O2/c1-2-10-8(5-6-15-10)7-12-11(14)13-9-3-4-9/h8-10H,2-7H2,1H3,(H2,12,13,14). The van der Waals surface area contributed by atoms with Gasteiger partial charge in [-0.1, -0.05) is 6.92 Å². The zero-order valence-electron chi connectivity index (χ0n) is 9.29. The third-order valence-electron chi connectivity index (χ3n) is 3.19. The molecule has 0 spiro atoms. The molecule has 1 aliphatic carbocycles. The van der Waals surface area contributed by atoms with Crippen molar-refractivity contribution in [3.8, 4) is 0 Å². The van der Waals surface area contributed by atoms with Crippen molar-refractivity contribution in [2.45, 2.75) is 44.8 Å². The Labute approximate surface area is 90.8 Å². The van der Waals surface area contributed by atoms with Crippen molar-refractivity contribution in [1.82, 2.24) is 10.6 Å². The van der Waals surface area contributed by atoms with Crippen LogP contribution in [0.2, 0.25) is 0 Å². The predicted molar refractivity (Wildman–Crippen MR) is 57.7 cm³/mol. The summed E-state index contributed by atoms with van der Waals surface area (Å²) in [7, 11) is 0. The molecule has 0 aromatic rings. The highest BCUT2D eigenvalue weighted by molar-refractivity contribution is 5.74. The first-order chi connectivity index (χ1) is 7.29. The largest absolute Gasteiger partial charge is 0.378 e. The molecule has 86 valence electrons. The minimum absolute atomic E-state index is 0.0146. The molecule has 2 unspecified atom stereocenters. The molecular formula is C11H20N2O2. The van der Waals surface area contributed by atoms with Gasteiger partial charge in [0.15, 0.2) is 0 Å². The Kier molecular flexibility index (Phi) is 3.46. The van der Waals surface area contributed by atoms with Gasteiger partial charge in [-0.15, -0.1) is 0 Å². The molecule has 1 saturated carbocycles. The Balaban J connectivity index is 1.65. The SMILES string of the molecule is CCC1OCCC1CNC(=O)NC1CC1. The van der Waals surface area contributed by atoms with Gasteiger partial charge in [0.25, 0.3) is 0 Å². The lowest BCUT2D eigenvalue weighted by Gasteiger charge is -2.17. The van der Waals surface area contributed by atoms with E-state index in [0.29, 0.717) is 18.1 Å². The van der Waals surface area contributed by atoms with E-state index in [1.807, 2.05) is 0 Å². The predicted octanol–water partition coefficient (Wildman–Crippen LogP) is 1.26. The Bertz CT molecular complexity index is 229. The number of carbonyl (C=O) groups excluding carboxylic acids is 1. The van der Waals surface area contributed by atoms with Gasteiger partial charge in [-0.2, -0.15) is 0 Å². The number of urea groups is 1. The van der Waals surface area contributed by atoms with E-state index in [9.17, 15) is 4.79 Å². The van der Waals surface area contributed by atoms with E-state index in [1.165, 1.54) is 0 Å². The maximum Gasteiger partial charge on any atom is 0.315 e. The average Bonchev–Trinajstić information content (AvgIpc) is 2.92. The fourth-order valence-corrected chi connectivity index (χ4v) is 2.07. The van der Waals surface area contributed by atoms with Crippen LogP contribution in [0, 0.1) is 5.92 Å². The molecule has 2 fully saturated rings. The van der Waals surface area contributed by atoms with Gasteiger partial charge >= 0.3 is 6.03 Å². The fraction of sp³-hybridized carbons (Fsp3) is 0.909. The van der Waals surface area contributed by atoms with Crippen molar-refractivity contribution in [3.63, 3.8) is 0 Å². The minimum atomic E-state index is -0.0146. The van der Waals surface area contributed by atoms with Crippen LogP contribution in [0.25, 0.3) is 0 Å². The number of hydrogen-bond donors (Lipinski definition) is 2. The third-order valence-corrected chi connectivity index (χ3v) is 3.19. The van der Waals surface area contributed by atoms with E-state index in [2.05, 4.69) is 17.6 Å². The summed E-state index contributed by atoms with van der Waals surface area (Å²) >= 11 is 0. The molecule has 2 atom stereocenters. The average molecular weight is 212 g/mol. The lowest BCUT2D eigenvalue weighted by molar-refractivity contribution is 0.0877. The van der Waals surface area contributed by atoms with Crippen LogP contribution in [-0.4, -0.2) is 31.3 Å². The Morgan fingerprint density at radius 3 is 2.87 bits per heavy atom. The first-order valence-corrected chi connectivity index (χ1v) is 5.95. The lowest BCUT2D eigenvalue weighted by atomic mass is 10.00. The van der Waals surface area contributed by atoms with Gasteiger partial charge in [0, 0.05) is 25.1 Å². The van der Waals surface area contributed by atoms with Crippen molar-refractivity contribution in [3.05, 3.63) is 0 Å². The van der Waals surface area contributed by atoms with Crippen LogP contribution >= 0.6 is 0 Å². The smallest absolute Gasteiger partial charge is 0.315 e. The molecule has 2 rings (SSSR count). The van der Waals surface area contributed by atoms with Crippen LogP contribution in [0.15, 0.2) is 0 Å². The number of nitrogens with one attached hydrogen (secondary N) is 2. The van der Waals surface area contributed by atoms with E-state index in [0.717, 1.165) is 38.8 Å². The first kappa shape index (κ1) is 10.7. The maximum absolute atomic E-state index is 11.4. The summed E-state index contributed by atoms with van der Waals surface area (Å²) in [6.07, 6.45) is 4.72. The Morgan fingerprint density at radius 2 is 2.20 bits per heavy atom. The molecule has 4 nitrogen and oxygen atoms in total. The lowest BCUT2D eigenvalue weighted by Crippen LogP contribution is -2.40. The van der Waals surface area contributed by atoms with Gasteiger partial charge in [-0.3, -0.25) is 0 Å². The van der Waals surface area contributed by atoms with Crippen molar-refractivity contribution in [2.75, 3.05) is 13.2 Å². The fourth-order valence-electron chi connectivity index (χ4n) is 2.07. The van der Waals surface area contributed by atoms with Gasteiger partial charge in [0.1, 0.15) is 0 Å². The highest BCUT2D eigenvalue weighted by Gasteiger charge is 2.28. The molecule has 1 aliphatic heterocycles. The Morgan fingerprint density at radius 1 is 1.40 bits per heavy atom.